The summed E-state index contributed by atoms with van der Waals surface area (Å²) in [5.41, 5.74) is 10.3. The van der Waals surface area contributed by atoms with Crippen molar-refractivity contribution in [2.45, 2.75) is 49.2 Å². The molecular formula is C22H26N6S. The first-order chi connectivity index (χ1) is 14.1. The quantitative estimate of drug-likeness (QED) is 0.714. The number of rotatable bonds is 3. The summed E-state index contributed by atoms with van der Waals surface area (Å²) in [4.78, 5) is 17.2. The number of nitrogens with zero attached hydrogens (tertiary/aromatic N) is 5. The van der Waals surface area contributed by atoms with E-state index in [0.717, 1.165) is 49.0 Å². The molecule has 2 aliphatic heterocycles. The number of fused-ring (bicyclic) bond motifs is 1. The van der Waals surface area contributed by atoms with Gasteiger partial charge in [-0.25, -0.2) is 9.97 Å². The van der Waals surface area contributed by atoms with Crippen molar-refractivity contribution < 1.29 is 0 Å². The van der Waals surface area contributed by atoms with Crippen molar-refractivity contribution in [2.24, 2.45) is 11.1 Å². The number of hydrogen-bond acceptors (Lipinski definition) is 6. The Morgan fingerprint density at radius 2 is 1.93 bits per heavy atom. The van der Waals surface area contributed by atoms with Gasteiger partial charge in [-0.05, 0) is 50.5 Å². The van der Waals surface area contributed by atoms with Gasteiger partial charge in [-0.3, -0.25) is 4.98 Å². The average Bonchev–Trinajstić information content (AvgIpc) is 3.28. The molecule has 0 unspecified atom stereocenters. The molecule has 0 saturated carbocycles. The van der Waals surface area contributed by atoms with Crippen molar-refractivity contribution in [2.75, 3.05) is 18.0 Å². The Labute approximate surface area is 175 Å². The van der Waals surface area contributed by atoms with Crippen molar-refractivity contribution in [3.63, 3.8) is 0 Å². The second-order valence-corrected chi connectivity index (χ2v) is 9.28. The molecule has 0 aliphatic carbocycles. The Balaban J connectivity index is 1.25. The lowest BCUT2D eigenvalue weighted by Gasteiger charge is -2.41. The molecule has 2 aliphatic rings. The van der Waals surface area contributed by atoms with E-state index < -0.39 is 0 Å². The van der Waals surface area contributed by atoms with E-state index in [9.17, 15) is 0 Å². The molecule has 1 fully saturated rings. The molecule has 3 aromatic rings. The smallest absolute Gasteiger partial charge is 0.147 e. The molecule has 1 spiro atoms. The fraction of sp³-hybridized carbons (Fsp3) is 0.409. The summed E-state index contributed by atoms with van der Waals surface area (Å²) in [7, 11) is 0. The molecule has 0 aromatic carbocycles. The number of hydrogen-bond donors (Lipinski definition) is 1. The van der Waals surface area contributed by atoms with Gasteiger partial charge in [0, 0.05) is 53.7 Å². The van der Waals surface area contributed by atoms with Crippen LogP contribution in [0.5, 0.6) is 0 Å². The van der Waals surface area contributed by atoms with E-state index in [-0.39, 0.29) is 11.5 Å². The average molecular weight is 407 g/mol. The highest BCUT2D eigenvalue weighted by Gasteiger charge is 2.46. The standard InChI is InChI=1S/C22H26N6S/c1-15-16(2)24-8-5-18(15)29-20-13-25-19(12-26-20)27-10-6-22(7-11-27)14-28-9-3-4-17(28)21(22)23/h3-5,8-9,12-13,21H,6-7,10-11,14,23H2,1-2H3/t21-/m1/s1. The predicted octanol–water partition coefficient (Wildman–Crippen LogP) is 3.74. The third kappa shape index (κ3) is 3.22. The maximum absolute atomic E-state index is 6.63. The summed E-state index contributed by atoms with van der Waals surface area (Å²) in [6.45, 7) is 7.12. The number of nitrogens with two attached hydrogens (primary N) is 1. The summed E-state index contributed by atoms with van der Waals surface area (Å²) in [6.07, 6.45) is 9.96. The van der Waals surface area contributed by atoms with Crippen molar-refractivity contribution in [1.29, 1.82) is 0 Å². The van der Waals surface area contributed by atoms with E-state index in [1.54, 1.807) is 11.8 Å². The second kappa shape index (κ2) is 7.15. The minimum absolute atomic E-state index is 0.136. The number of pyridine rings is 1. The van der Waals surface area contributed by atoms with Gasteiger partial charge in [0.1, 0.15) is 10.8 Å². The topological polar surface area (TPSA) is 72.9 Å². The first kappa shape index (κ1) is 18.6. The zero-order valence-corrected chi connectivity index (χ0v) is 17.7. The van der Waals surface area contributed by atoms with Gasteiger partial charge in [-0.15, -0.1) is 0 Å². The molecule has 5 rings (SSSR count). The lowest BCUT2D eigenvalue weighted by atomic mass is 9.73. The number of aryl methyl sites for hydroxylation is 1. The molecule has 29 heavy (non-hydrogen) atoms. The summed E-state index contributed by atoms with van der Waals surface area (Å²) in [5, 5.41) is 0.910. The van der Waals surface area contributed by atoms with Crippen LogP contribution in [0.1, 0.15) is 35.8 Å². The van der Waals surface area contributed by atoms with Gasteiger partial charge in [-0.2, -0.15) is 0 Å². The van der Waals surface area contributed by atoms with E-state index in [1.165, 1.54) is 16.2 Å². The SMILES string of the molecule is Cc1nccc(Sc2cnc(N3CCC4(CC3)Cn3cccc3[C@H]4N)cn2)c1C. The third-order valence-corrected chi connectivity index (χ3v) is 7.73. The largest absolute Gasteiger partial charge is 0.355 e. The first-order valence-corrected chi connectivity index (χ1v) is 11.0. The summed E-state index contributed by atoms with van der Waals surface area (Å²) in [6, 6.07) is 6.44. The summed E-state index contributed by atoms with van der Waals surface area (Å²) < 4.78 is 2.33. The molecule has 0 bridgehead atoms. The van der Waals surface area contributed by atoms with Gasteiger partial charge in [0.2, 0.25) is 0 Å². The van der Waals surface area contributed by atoms with Gasteiger partial charge in [0.05, 0.1) is 18.4 Å². The minimum Gasteiger partial charge on any atom is -0.355 e. The van der Waals surface area contributed by atoms with Crippen LogP contribution in [0.2, 0.25) is 0 Å². The van der Waals surface area contributed by atoms with Crippen molar-refractivity contribution in [3.8, 4) is 0 Å². The molecule has 6 nitrogen and oxygen atoms in total. The van der Waals surface area contributed by atoms with E-state index >= 15 is 0 Å². The Bertz CT molecular complexity index is 1020. The first-order valence-electron chi connectivity index (χ1n) is 10.1. The van der Waals surface area contributed by atoms with Gasteiger partial charge in [0.15, 0.2) is 0 Å². The molecular weight excluding hydrogens is 380 g/mol. The highest BCUT2D eigenvalue weighted by molar-refractivity contribution is 7.99. The van der Waals surface area contributed by atoms with Crippen molar-refractivity contribution >= 4 is 17.6 Å². The number of aromatic nitrogens is 4. The molecule has 1 atom stereocenters. The van der Waals surface area contributed by atoms with Crippen LogP contribution >= 0.6 is 11.8 Å². The van der Waals surface area contributed by atoms with E-state index in [4.69, 9.17) is 10.7 Å². The van der Waals surface area contributed by atoms with Crippen molar-refractivity contribution in [1.82, 2.24) is 19.5 Å². The van der Waals surface area contributed by atoms with E-state index in [2.05, 4.69) is 44.7 Å². The van der Waals surface area contributed by atoms with Crippen LogP contribution in [-0.2, 0) is 6.54 Å². The molecule has 1 saturated heterocycles. The zero-order valence-electron chi connectivity index (χ0n) is 16.9. The van der Waals surface area contributed by atoms with E-state index in [1.807, 2.05) is 31.6 Å². The lowest BCUT2D eigenvalue weighted by Crippen LogP contribution is -2.44. The lowest BCUT2D eigenvalue weighted by molar-refractivity contribution is 0.174. The number of anilines is 1. The molecule has 3 aromatic heterocycles. The van der Waals surface area contributed by atoms with Crippen LogP contribution in [0.25, 0.3) is 0 Å². The zero-order chi connectivity index (χ0) is 20.0. The fourth-order valence-electron chi connectivity index (χ4n) is 4.62. The van der Waals surface area contributed by atoms with Crippen molar-refractivity contribution in [3.05, 3.63) is 59.9 Å². The number of piperidine rings is 1. The Morgan fingerprint density at radius 1 is 1.10 bits per heavy atom. The minimum atomic E-state index is 0.136. The molecule has 0 amide bonds. The van der Waals surface area contributed by atoms with E-state index in [0.29, 0.717) is 0 Å². The summed E-state index contributed by atoms with van der Waals surface area (Å²) >= 11 is 1.64. The van der Waals surface area contributed by atoms with Gasteiger partial charge >= 0.3 is 0 Å². The van der Waals surface area contributed by atoms with Gasteiger partial charge in [-0.1, -0.05) is 11.8 Å². The van der Waals surface area contributed by atoms with Gasteiger partial charge < -0.3 is 15.2 Å². The Morgan fingerprint density at radius 3 is 2.66 bits per heavy atom. The molecule has 5 heterocycles. The van der Waals surface area contributed by atoms with Gasteiger partial charge in [0.25, 0.3) is 0 Å². The third-order valence-electron chi connectivity index (χ3n) is 6.65. The predicted molar refractivity (Wildman–Crippen MR) is 115 cm³/mol. The highest BCUT2D eigenvalue weighted by atomic mass is 32.2. The molecule has 150 valence electrons. The normalized spacial score (nSPS) is 20.2. The second-order valence-electron chi connectivity index (χ2n) is 8.22. The van der Waals surface area contributed by atoms with Crippen LogP contribution in [0, 0.1) is 19.3 Å². The maximum Gasteiger partial charge on any atom is 0.147 e. The Kier molecular flexibility index (Phi) is 4.59. The Hall–Kier alpha value is -2.38. The van der Waals surface area contributed by atoms with Crippen LogP contribution in [0.3, 0.4) is 0 Å². The maximum atomic E-state index is 6.63. The summed E-state index contributed by atoms with van der Waals surface area (Å²) in [5.74, 6) is 0.956. The van der Waals surface area contributed by atoms with Crippen LogP contribution in [-0.4, -0.2) is 32.6 Å². The molecule has 0 radical (unpaired) electrons. The van der Waals surface area contributed by atoms with Crippen LogP contribution < -0.4 is 10.6 Å². The van der Waals surface area contributed by atoms with Crippen LogP contribution in [0.4, 0.5) is 5.82 Å². The fourth-order valence-corrected chi connectivity index (χ4v) is 5.49. The van der Waals surface area contributed by atoms with Crippen LogP contribution in [0.15, 0.2) is 52.9 Å². The molecule has 2 N–H and O–H groups in total. The molecule has 7 heteroatoms. The highest BCUT2D eigenvalue weighted by Crippen LogP contribution is 2.48. The monoisotopic (exact) mass is 406 g/mol.